The molecular formula is C20H23NO4. The summed E-state index contributed by atoms with van der Waals surface area (Å²) in [5.74, 6) is -1.24. The van der Waals surface area contributed by atoms with Gasteiger partial charge in [-0.15, -0.1) is 0 Å². The Kier molecular flexibility index (Phi) is 5.93. The van der Waals surface area contributed by atoms with E-state index in [2.05, 4.69) is 5.32 Å². The van der Waals surface area contributed by atoms with E-state index < -0.39 is 11.4 Å². The third kappa shape index (κ3) is 5.16. The van der Waals surface area contributed by atoms with E-state index in [1.54, 1.807) is 32.9 Å². The van der Waals surface area contributed by atoms with Gasteiger partial charge in [-0.25, -0.2) is 4.79 Å². The Morgan fingerprint density at radius 1 is 1.12 bits per heavy atom. The SMILES string of the molecule is Cc1ccc(NC(=O)C(C)(C)COCc2ccccc2)cc1C(=O)O. The second-order valence-corrected chi connectivity index (χ2v) is 6.65. The molecule has 2 aromatic rings. The zero-order valence-electron chi connectivity index (χ0n) is 14.7. The fourth-order valence-electron chi connectivity index (χ4n) is 2.29. The molecular weight excluding hydrogens is 318 g/mol. The summed E-state index contributed by atoms with van der Waals surface area (Å²) in [5, 5.41) is 11.9. The van der Waals surface area contributed by atoms with Gasteiger partial charge in [0, 0.05) is 5.69 Å². The molecule has 25 heavy (non-hydrogen) atoms. The van der Waals surface area contributed by atoms with Crippen LogP contribution < -0.4 is 5.32 Å². The second kappa shape index (κ2) is 7.94. The van der Waals surface area contributed by atoms with Crippen LogP contribution in [0.4, 0.5) is 5.69 Å². The number of carbonyl (C=O) groups is 2. The first kappa shape index (κ1) is 18.7. The van der Waals surface area contributed by atoms with Crippen molar-refractivity contribution in [2.45, 2.75) is 27.4 Å². The standard InChI is InChI=1S/C20H23NO4/c1-14-9-10-16(11-17(14)18(22)23)21-19(24)20(2,3)13-25-12-15-7-5-4-6-8-15/h4-11H,12-13H2,1-3H3,(H,21,24)(H,22,23). The van der Waals surface area contributed by atoms with Crippen molar-refractivity contribution in [3.63, 3.8) is 0 Å². The van der Waals surface area contributed by atoms with Gasteiger partial charge in [-0.3, -0.25) is 4.79 Å². The summed E-state index contributed by atoms with van der Waals surface area (Å²) in [6.07, 6.45) is 0. The maximum absolute atomic E-state index is 12.5. The van der Waals surface area contributed by atoms with E-state index in [1.807, 2.05) is 30.3 Å². The van der Waals surface area contributed by atoms with Crippen molar-refractivity contribution in [3.05, 3.63) is 65.2 Å². The van der Waals surface area contributed by atoms with E-state index in [0.29, 0.717) is 17.9 Å². The number of anilines is 1. The number of ether oxygens (including phenoxy) is 1. The van der Waals surface area contributed by atoms with Crippen molar-refractivity contribution in [1.29, 1.82) is 0 Å². The third-order valence-corrected chi connectivity index (χ3v) is 3.91. The van der Waals surface area contributed by atoms with Gasteiger partial charge in [0.2, 0.25) is 5.91 Å². The van der Waals surface area contributed by atoms with Gasteiger partial charge in [0.05, 0.1) is 24.2 Å². The van der Waals surface area contributed by atoms with Gasteiger partial charge in [0.1, 0.15) is 0 Å². The molecule has 0 aromatic heterocycles. The minimum atomic E-state index is -1.01. The molecule has 0 aliphatic heterocycles. The number of hydrogen-bond donors (Lipinski definition) is 2. The first-order valence-electron chi connectivity index (χ1n) is 8.07. The summed E-state index contributed by atoms with van der Waals surface area (Å²) >= 11 is 0. The van der Waals surface area contributed by atoms with Crippen molar-refractivity contribution < 1.29 is 19.4 Å². The molecule has 5 heteroatoms. The summed E-state index contributed by atoms with van der Waals surface area (Å²) in [6.45, 7) is 5.99. The quantitative estimate of drug-likeness (QED) is 0.801. The van der Waals surface area contributed by atoms with Gasteiger partial charge in [-0.1, -0.05) is 36.4 Å². The highest BCUT2D eigenvalue weighted by molar-refractivity contribution is 5.97. The molecule has 0 unspecified atom stereocenters. The molecule has 132 valence electrons. The molecule has 0 radical (unpaired) electrons. The van der Waals surface area contributed by atoms with Crippen LogP contribution in [0.25, 0.3) is 0 Å². The molecule has 5 nitrogen and oxygen atoms in total. The number of aryl methyl sites for hydroxylation is 1. The predicted molar refractivity (Wildman–Crippen MR) is 96.6 cm³/mol. The van der Waals surface area contributed by atoms with Crippen molar-refractivity contribution in [3.8, 4) is 0 Å². The smallest absolute Gasteiger partial charge is 0.336 e. The summed E-state index contributed by atoms with van der Waals surface area (Å²) in [7, 11) is 0. The third-order valence-electron chi connectivity index (χ3n) is 3.91. The number of benzene rings is 2. The molecule has 0 heterocycles. The number of hydrogen-bond acceptors (Lipinski definition) is 3. The largest absolute Gasteiger partial charge is 0.478 e. The van der Waals surface area contributed by atoms with Crippen molar-refractivity contribution in [2.24, 2.45) is 5.41 Å². The fourth-order valence-corrected chi connectivity index (χ4v) is 2.29. The van der Waals surface area contributed by atoms with Crippen LogP contribution in [0.2, 0.25) is 0 Å². The highest BCUT2D eigenvalue weighted by atomic mass is 16.5. The summed E-state index contributed by atoms with van der Waals surface area (Å²) in [4.78, 5) is 23.7. The first-order chi connectivity index (χ1) is 11.8. The number of aromatic carboxylic acids is 1. The molecule has 2 aromatic carbocycles. The number of amides is 1. The van der Waals surface area contributed by atoms with E-state index in [4.69, 9.17) is 4.74 Å². The lowest BCUT2D eigenvalue weighted by molar-refractivity contribution is -0.127. The van der Waals surface area contributed by atoms with Crippen molar-refractivity contribution in [1.82, 2.24) is 0 Å². The summed E-state index contributed by atoms with van der Waals surface area (Å²) < 4.78 is 5.67. The monoisotopic (exact) mass is 341 g/mol. The molecule has 1 amide bonds. The minimum absolute atomic E-state index is 0.177. The molecule has 0 saturated heterocycles. The van der Waals surface area contributed by atoms with Gasteiger partial charge < -0.3 is 15.2 Å². The van der Waals surface area contributed by atoms with E-state index in [0.717, 1.165) is 5.56 Å². The molecule has 0 fully saturated rings. The van der Waals surface area contributed by atoms with Crippen LogP contribution in [0.3, 0.4) is 0 Å². The normalized spacial score (nSPS) is 11.2. The Balaban J connectivity index is 1.96. The van der Waals surface area contributed by atoms with Gasteiger partial charge in [-0.05, 0) is 44.0 Å². The minimum Gasteiger partial charge on any atom is -0.478 e. The van der Waals surface area contributed by atoms with Crippen LogP contribution in [0.1, 0.15) is 35.3 Å². The van der Waals surface area contributed by atoms with E-state index in [1.165, 1.54) is 6.07 Å². The Bertz CT molecular complexity index is 754. The van der Waals surface area contributed by atoms with Crippen molar-refractivity contribution in [2.75, 3.05) is 11.9 Å². The Hall–Kier alpha value is -2.66. The van der Waals surface area contributed by atoms with Crippen LogP contribution in [-0.4, -0.2) is 23.6 Å². The van der Waals surface area contributed by atoms with Crippen LogP contribution in [0.15, 0.2) is 48.5 Å². The number of carbonyl (C=O) groups excluding carboxylic acids is 1. The average Bonchev–Trinajstić information content (AvgIpc) is 2.57. The fraction of sp³-hybridized carbons (Fsp3) is 0.300. The van der Waals surface area contributed by atoms with Crippen molar-refractivity contribution >= 4 is 17.6 Å². The lowest BCUT2D eigenvalue weighted by atomic mass is 9.93. The average molecular weight is 341 g/mol. The molecule has 2 rings (SSSR count). The van der Waals surface area contributed by atoms with Crippen LogP contribution >= 0.6 is 0 Å². The molecule has 2 N–H and O–H groups in total. The second-order valence-electron chi connectivity index (χ2n) is 6.65. The lowest BCUT2D eigenvalue weighted by Gasteiger charge is -2.23. The number of carboxylic acids is 1. The highest BCUT2D eigenvalue weighted by Crippen LogP contribution is 2.22. The van der Waals surface area contributed by atoms with Gasteiger partial charge >= 0.3 is 5.97 Å². The lowest BCUT2D eigenvalue weighted by Crippen LogP contribution is -2.35. The van der Waals surface area contributed by atoms with Crippen LogP contribution in [0, 0.1) is 12.3 Å². The van der Waals surface area contributed by atoms with E-state index in [-0.39, 0.29) is 18.1 Å². The molecule has 0 aliphatic carbocycles. The number of carboxylic acid groups (broad SMARTS) is 1. The van der Waals surface area contributed by atoms with Crippen LogP contribution in [0.5, 0.6) is 0 Å². The molecule has 0 saturated carbocycles. The van der Waals surface area contributed by atoms with E-state index in [9.17, 15) is 14.7 Å². The first-order valence-corrected chi connectivity index (χ1v) is 8.07. The summed E-state index contributed by atoms with van der Waals surface area (Å²) in [5.41, 5.74) is 1.59. The van der Waals surface area contributed by atoms with Gasteiger partial charge in [0.15, 0.2) is 0 Å². The summed E-state index contributed by atoms with van der Waals surface area (Å²) in [6, 6.07) is 14.6. The van der Waals surface area contributed by atoms with E-state index >= 15 is 0 Å². The van der Waals surface area contributed by atoms with Crippen LogP contribution in [-0.2, 0) is 16.1 Å². The Morgan fingerprint density at radius 2 is 1.80 bits per heavy atom. The number of rotatable bonds is 7. The topological polar surface area (TPSA) is 75.6 Å². The molecule has 0 bridgehead atoms. The number of nitrogens with one attached hydrogen (secondary N) is 1. The Labute approximate surface area is 147 Å². The maximum Gasteiger partial charge on any atom is 0.336 e. The van der Waals surface area contributed by atoms with Gasteiger partial charge in [-0.2, -0.15) is 0 Å². The maximum atomic E-state index is 12.5. The Morgan fingerprint density at radius 3 is 2.44 bits per heavy atom. The molecule has 0 spiro atoms. The predicted octanol–water partition coefficient (Wildman–Crippen LogP) is 3.87. The van der Waals surface area contributed by atoms with Gasteiger partial charge in [0.25, 0.3) is 0 Å². The molecule has 0 aliphatic rings. The zero-order chi connectivity index (χ0) is 18.4. The highest BCUT2D eigenvalue weighted by Gasteiger charge is 2.28. The zero-order valence-corrected chi connectivity index (χ0v) is 14.7. The molecule has 0 atom stereocenters.